The van der Waals surface area contributed by atoms with E-state index < -0.39 is 72.5 Å². The number of carboxylic acid groups (broad SMARTS) is 1. The molecule has 0 aromatic heterocycles. The number of carboxylic acids is 1. The van der Waals surface area contributed by atoms with Crippen molar-refractivity contribution in [2.45, 2.75) is 85.0 Å². The van der Waals surface area contributed by atoms with Gasteiger partial charge in [0.2, 0.25) is 23.6 Å². The molecule has 1 aliphatic heterocycles. The average molecular weight is 528 g/mol. The number of carbonyl (C=O) groups is 6. The van der Waals surface area contributed by atoms with Crippen LogP contribution in [0.4, 0.5) is 4.79 Å². The van der Waals surface area contributed by atoms with Gasteiger partial charge in [0.05, 0.1) is 6.54 Å². The van der Waals surface area contributed by atoms with Crippen LogP contribution >= 0.6 is 0 Å². The third-order valence-corrected chi connectivity index (χ3v) is 5.55. The van der Waals surface area contributed by atoms with Crippen molar-refractivity contribution >= 4 is 35.7 Å². The van der Waals surface area contributed by atoms with Crippen molar-refractivity contribution < 1.29 is 38.6 Å². The van der Waals surface area contributed by atoms with Gasteiger partial charge in [-0.15, -0.1) is 0 Å². The van der Waals surface area contributed by atoms with Gasteiger partial charge in [0, 0.05) is 6.54 Å². The van der Waals surface area contributed by atoms with Crippen LogP contribution in [-0.2, 0) is 28.7 Å². The van der Waals surface area contributed by atoms with E-state index in [1.807, 2.05) is 0 Å². The minimum Gasteiger partial charge on any atom is -0.480 e. The second-order valence-corrected chi connectivity index (χ2v) is 10.7. The number of alkyl carbamates (subject to hydrolysis) is 1. The standard InChI is InChI=1S/C24H41N5O8/c1-13(2)18(21(34)26-12-17(31)32)27-16(30)11-25-20(33)15-9-8-10-29(15)22(35)19(14(3)4)28-23(36)37-24(5,6)7/h13-15,18-19H,8-12H2,1-7H3,(H,25,33)(H,26,34)(H,27,30)(H,28,36)(H,31,32). The van der Waals surface area contributed by atoms with Crippen molar-refractivity contribution in [1.82, 2.24) is 26.2 Å². The minimum absolute atomic E-state index is 0.268. The summed E-state index contributed by atoms with van der Waals surface area (Å²) in [4.78, 5) is 75.1. The van der Waals surface area contributed by atoms with Crippen LogP contribution in [-0.4, -0.2) is 89.1 Å². The molecule has 1 fully saturated rings. The predicted molar refractivity (Wildman–Crippen MR) is 133 cm³/mol. The Kier molecular flexibility index (Phi) is 11.8. The van der Waals surface area contributed by atoms with Gasteiger partial charge in [0.15, 0.2) is 0 Å². The van der Waals surface area contributed by atoms with Crippen LogP contribution in [0.25, 0.3) is 0 Å². The normalized spacial score (nSPS) is 17.1. The van der Waals surface area contributed by atoms with E-state index in [9.17, 15) is 28.8 Å². The van der Waals surface area contributed by atoms with E-state index in [0.29, 0.717) is 19.4 Å². The first-order valence-electron chi connectivity index (χ1n) is 12.4. The number of ether oxygens (including phenoxy) is 1. The van der Waals surface area contributed by atoms with Gasteiger partial charge in [0.25, 0.3) is 0 Å². The fraction of sp³-hybridized carbons (Fsp3) is 0.750. The highest BCUT2D eigenvalue weighted by atomic mass is 16.6. The number of rotatable bonds is 11. The number of amides is 5. The van der Waals surface area contributed by atoms with Gasteiger partial charge in [-0.2, -0.15) is 0 Å². The van der Waals surface area contributed by atoms with Crippen molar-refractivity contribution in [2.75, 3.05) is 19.6 Å². The monoisotopic (exact) mass is 527 g/mol. The lowest BCUT2D eigenvalue weighted by Gasteiger charge is -2.31. The Labute approximate surface area is 217 Å². The fourth-order valence-corrected chi connectivity index (χ4v) is 3.75. The summed E-state index contributed by atoms with van der Waals surface area (Å²) in [5, 5.41) is 18.5. The van der Waals surface area contributed by atoms with Crippen LogP contribution in [0, 0.1) is 11.8 Å². The lowest BCUT2D eigenvalue weighted by Crippen LogP contribution is -2.56. The van der Waals surface area contributed by atoms with Crippen molar-refractivity contribution in [3.8, 4) is 0 Å². The molecule has 3 unspecified atom stereocenters. The number of hydrogen-bond acceptors (Lipinski definition) is 7. The van der Waals surface area contributed by atoms with Crippen LogP contribution in [0.15, 0.2) is 0 Å². The molecule has 0 spiro atoms. The second-order valence-electron chi connectivity index (χ2n) is 10.7. The zero-order valence-electron chi connectivity index (χ0n) is 22.7. The molecule has 5 amide bonds. The lowest BCUT2D eigenvalue weighted by atomic mass is 10.0. The smallest absolute Gasteiger partial charge is 0.408 e. The first kappa shape index (κ1) is 31.6. The summed E-state index contributed by atoms with van der Waals surface area (Å²) >= 11 is 0. The number of nitrogens with one attached hydrogen (secondary N) is 4. The molecule has 0 bridgehead atoms. The van der Waals surface area contributed by atoms with Crippen LogP contribution in [0.2, 0.25) is 0 Å². The Balaban J connectivity index is 2.76. The predicted octanol–water partition coefficient (Wildman–Crippen LogP) is -0.0155. The van der Waals surface area contributed by atoms with E-state index in [2.05, 4.69) is 21.3 Å². The maximum absolute atomic E-state index is 13.3. The molecule has 0 aromatic carbocycles. The van der Waals surface area contributed by atoms with Gasteiger partial charge in [-0.1, -0.05) is 27.7 Å². The van der Waals surface area contributed by atoms with Gasteiger partial charge in [-0.3, -0.25) is 24.0 Å². The molecule has 3 atom stereocenters. The van der Waals surface area contributed by atoms with Crippen LogP contribution in [0.5, 0.6) is 0 Å². The van der Waals surface area contributed by atoms with Gasteiger partial charge in [-0.25, -0.2) is 4.79 Å². The molecule has 13 heteroatoms. The Hall–Kier alpha value is -3.38. The first-order valence-corrected chi connectivity index (χ1v) is 12.4. The Morgan fingerprint density at radius 3 is 2.03 bits per heavy atom. The highest BCUT2D eigenvalue weighted by molar-refractivity contribution is 5.94. The van der Waals surface area contributed by atoms with Crippen LogP contribution < -0.4 is 21.3 Å². The Morgan fingerprint density at radius 2 is 1.51 bits per heavy atom. The zero-order chi connectivity index (χ0) is 28.5. The molecule has 1 aliphatic rings. The van der Waals surface area contributed by atoms with Crippen molar-refractivity contribution in [1.29, 1.82) is 0 Å². The third kappa shape index (κ3) is 10.6. The second kappa shape index (κ2) is 13.8. The molecule has 1 saturated heterocycles. The number of nitrogens with zero attached hydrogens (tertiary/aromatic N) is 1. The lowest BCUT2D eigenvalue weighted by molar-refractivity contribution is -0.141. The molecule has 0 aliphatic carbocycles. The quantitative estimate of drug-likeness (QED) is 0.248. The van der Waals surface area contributed by atoms with E-state index in [1.165, 1.54) is 4.90 Å². The molecule has 0 radical (unpaired) electrons. The molecule has 0 saturated carbocycles. The SMILES string of the molecule is CC(C)C(NC(=O)CNC(=O)C1CCCN1C(=O)C(NC(=O)OC(C)(C)C)C(C)C)C(=O)NCC(=O)O. The van der Waals surface area contributed by atoms with Crippen molar-refractivity contribution in [3.63, 3.8) is 0 Å². The first-order chi connectivity index (χ1) is 17.0. The molecule has 5 N–H and O–H groups in total. The number of hydrogen-bond donors (Lipinski definition) is 5. The van der Waals surface area contributed by atoms with Gasteiger partial charge >= 0.3 is 12.1 Å². The van der Waals surface area contributed by atoms with Crippen LogP contribution in [0.1, 0.15) is 61.3 Å². The summed E-state index contributed by atoms with van der Waals surface area (Å²) < 4.78 is 5.26. The Morgan fingerprint density at radius 1 is 0.919 bits per heavy atom. The molecule has 1 rings (SSSR count). The summed E-state index contributed by atoms with van der Waals surface area (Å²) in [6.45, 7) is 11.3. The molecule has 37 heavy (non-hydrogen) atoms. The van der Waals surface area contributed by atoms with E-state index >= 15 is 0 Å². The number of likely N-dealkylation sites (tertiary alicyclic amines) is 1. The number of aliphatic carboxylic acids is 1. The summed E-state index contributed by atoms with van der Waals surface area (Å²) in [5.41, 5.74) is -0.739. The number of carbonyl (C=O) groups excluding carboxylic acids is 5. The molecule has 0 aromatic rings. The highest BCUT2D eigenvalue weighted by Crippen LogP contribution is 2.21. The zero-order valence-corrected chi connectivity index (χ0v) is 22.7. The van der Waals surface area contributed by atoms with Crippen molar-refractivity contribution in [3.05, 3.63) is 0 Å². The van der Waals surface area contributed by atoms with Crippen LogP contribution in [0.3, 0.4) is 0 Å². The summed E-state index contributed by atoms with van der Waals surface area (Å²) in [5.74, 6) is -4.06. The van der Waals surface area contributed by atoms with Gasteiger partial charge < -0.3 is 36.0 Å². The van der Waals surface area contributed by atoms with Gasteiger partial charge in [0.1, 0.15) is 30.3 Å². The van der Waals surface area contributed by atoms with E-state index in [1.54, 1.807) is 48.5 Å². The van der Waals surface area contributed by atoms with Crippen molar-refractivity contribution in [2.24, 2.45) is 11.8 Å². The van der Waals surface area contributed by atoms with E-state index in [-0.39, 0.29) is 11.8 Å². The fourth-order valence-electron chi connectivity index (χ4n) is 3.75. The largest absolute Gasteiger partial charge is 0.480 e. The molecule has 13 nitrogen and oxygen atoms in total. The Bertz CT molecular complexity index is 868. The summed E-state index contributed by atoms with van der Waals surface area (Å²) in [6.07, 6.45) is 0.235. The molecule has 210 valence electrons. The maximum atomic E-state index is 13.3. The van der Waals surface area contributed by atoms with E-state index in [4.69, 9.17) is 9.84 Å². The molecule has 1 heterocycles. The average Bonchev–Trinajstić information content (AvgIpc) is 3.25. The highest BCUT2D eigenvalue weighted by Gasteiger charge is 2.39. The van der Waals surface area contributed by atoms with E-state index in [0.717, 1.165) is 0 Å². The third-order valence-electron chi connectivity index (χ3n) is 5.55. The van der Waals surface area contributed by atoms with Gasteiger partial charge in [-0.05, 0) is 45.4 Å². The summed E-state index contributed by atoms with van der Waals surface area (Å²) in [6, 6.07) is -2.71. The molecular formula is C24H41N5O8. The summed E-state index contributed by atoms with van der Waals surface area (Å²) in [7, 11) is 0. The minimum atomic E-state index is -1.22. The molecular weight excluding hydrogens is 486 g/mol. The topological polar surface area (TPSA) is 183 Å². The maximum Gasteiger partial charge on any atom is 0.408 e.